The Morgan fingerprint density at radius 1 is 1.50 bits per heavy atom. The average Bonchev–Trinajstić information content (AvgIpc) is 2.57. The van der Waals surface area contributed by atoms with Crippen LogP contribution < -0.4 is 0 Å². The Balaban J connectivity index is 2.17. The number of hydrogen-bond acceptors (Lipinski definition) is 2. The van der Waals surface area contributed by atoms with Crippen LogP contribution >= 0.6 is 0 Å². The van der Waals surface area contributed by atoms with Gasteiger partial charge in [-0.1, -0.05) is 13.8 Å². The number of rotatable bonds is 3. The smallest absolute Gasteiger partial charge is 0.136 e. The third-order valence-corrected chi connectivity index (χ3v) is 5.09. The normalized spacial score (nSPS) is 40.5. The van der Waals surface area contributed by atoms with Crippen molar-refractivity contribution in [2.75, 3.05) is 0 Å². The molecule has 0 radical (unpaired) electrons. The van der Waals surface area contributed by atoms with Crippen LogP contribution in [0.15, 0.2) is 0 Å². The van der Waals surface area contributed by atoms with Crippen LogP contribution in [0.3, 0.4) is 0 Å². The summed E-state index contributed by atoms with van der Waals surface area (Å²) in [5, 5.41) is 0. The Bertz CT molecular complexity index is 297. The molecule has 0 aromatic heterocycles. The lowest BCUT2D eigenvalue weighted by Gasteiger charge is -2.42. The molecular weight excluding hydrogens is 200 g/mol. The quantitative estimate of drug-likeness (QED) is 0.688. The molecule has 2 heteroatoms. The summed E-state index contributed by atoms with van der Waals surface area (Å²) in [6.07, 6.45) is 6.90. The molecule has 2 saturated carbocycles. The summed E-state index contributed by atoms with van der Waals surface area (Å²) in [6, 6.07) is 0. The summed E-state index contributed by atoms with van der Waals surface area (Å²) < 4.78 is 0. The first-order valence-electron chi connectivity index (χ1n) is 6.56. The van der Waals surface area contributed by atoms with E-state index in [9.17, 15) is 9.59 Å². The van der Waals surface area contributed by atoms with Crippen LogP contribution in [0.2, 0.25) is 0 Å². The van der Waals surface area contributed by atoms with Crippen molar-refractivity contribution in [3.05, 3.63) is 0 Å². The largest absolute Gasteiger partial charge is 0.303 e. The Morgan fingerprint density at radius 3 is 2.94 bits per heavy atom. The third kappa shape index (κ3) is 1.72. The Labute approximate surface area is 97.8 Å². The van der Waals surface area contributed by atoms with Gasteiger partial charge in [0.15, 0.2) is 0 Å². The minimum atomic E-state index is 0.192. The molecule has 0 aromatic carbocycles. The van der Waals surface area contributed by atoms with Crippen LogP contribution in [-0.2, 0) is 9.59 Å². The first kappa shape index (κ1) is 11.8. The first-order chi connectivity index (χ1) is 7.59. The highest BCUT2D eigenvalue weighted by molar-refractivity contribution is 5.83. The number of carbonyl (C=O) groups is 2. The maximum absolute atomic E-state index is 11.9. The van der Waals surface area contributed by atoms with Crippen LogP contribution in [0, 0.1) is 23.2 Å². The zero-order valence-corrected chi connectivity index (χ0v) is 10.4. The Morgan fingerprint density at radius 2 is 2.25 bits per heavy atom. The molecule has 0 N–H and O–H groups in total. The van der Waals surface area contributed by atoms with Gasteiger partial charge in [-0.05, 0) is 42.9 Å². The van der Waals surface area contributed by atoms with E-state index in [0.717, 1.165) is 32.0 Å². The lowest BCUT2D eigenvalue weighted by molar-refractivity contribution is -0.130. The molecule has 0 amide bonds. The van der Waals surface area contributed by atoms with Crippen LogP contribution in [-0.4, -0.2) is 12.1 Å². The predicted octanol–water partition coefficient (Wildman–Crippen LogP) is 3.00. The van der Waals surface area contributed by atoms with Crippen molar-refractivity contribution in [1.29, 1.82) is 0 Å². The fourth-order valence-corrected chi connectivity index (χ4v) is 4.22. The SMILES string of the molecule is C[C@H](CC=O)C1CCC2C(=O)CCCC21C. The summed E-state index contributed by atoms with van der Waals surface area (Å²) in [5.41, 5.74) is 0.192. The minimum Gasteiger partial charge on any atom is -0.303 e. The molecule has 0 bridgehead atoms. The van der Waals surface area contributed by atoms with E-state index in [1.807, 2.05) is 0 Å². The molecule has 90 valence electrons. The van der Waals surface area contributed by atoms with Crippen LogP contribution in [0.5, 0.6) is 0 Å². The molecule has 0 aliphatic heterocycles. The number of hydrogen-bond donors (Lipinski definition) is 0. The number of fused-ring (bicyclic) bond motifs is 1. The molecule has 4 atom stereocenters. The van der Waals surface area contributed by atoms with Gasteiger partial charge in [-0.15, -0.1) is 0 Å². The lowest BCUT2D eigenvalue weighted by atomic mass is 9.62. The fraction of sp³-hybridized carbons (Fsp3) is 0.857. The topological polar surface area (TPSA) is 34.1 Å². The molecule has 2 nitrogen and oxygen atoms in total. The van der Waals surface area contributed by atoms with Gasteiger partial charge in [0.05, 0.1) is 0 Å². The van der Waals surface area contributed by atoms with Gasteiger partial charge in [-0.3, -0.25) is 4.79 Å². The van der Waals surface area contributed by atoms with E-state index in [0.29, 0.717) is 30.0 Å². The standard InChI is InChI=1S/C14H22O2/c1-10(7-9-15)11-5-6-12-13(16)4-3-8-14(11,12)2/h9-12H,3-8H2,1-2H3/t10-,11?,12?,14?/m1/s1. The monoisotopic (exact) mass is 222 g/mol. The molecular formula is C14H22O2. The van der Waals surface area contributed by atoms with Crippen molar-refractivity contribution in [1.82, 2.24) is 0 Å². The Hall–Kier alpha value is -0.660. The summed E-state index contributed by atoms with van der Waals surface area (Å²) in [5.74, 6) is 1.79. The third-order valence-electron chi connectivity index (χ3n) is 5.09. The highest BCUT2D eigenvalue weighted by Gasteiger charge is 2.52. The molecule has 3 unspecified atom stereocenters. The van der Waals surface area contributed by atoms with Crippen LogP contribution in [0.4, 0.5) is 0 Å². The van der Waals surface area contributed by atoms with Crippen molar-refractivity contribution in [3.8, 4) is 0 Å². The fourth-order valence-electron chi connectivity index (χ4n) is 4.22. The first-order valence-corrected chi connectivity index (χ1v) is 6.56. The maximum atomic E-state index is 11.9. The second-order valence-corrected chi connectivity index (χ2v) is 5.94. The van der Waals surface area contributed by atoms with Gasteiger partial charge in [0.2, 0.25) is 0 Å². The van der Waals surface area contributed by atoms with E-state index in [1.54, 1.807) is 0 Å². The molecule has 2 aliphatic carbocycles. The van der Waals surface area contributed by atoms with E-state index < -0.39 is 0 Å². The van der Waals surface area contributed by atoms with Gasteiger partial charge in [-0.2, -0.15) is 0 Å². The number of ketones is 1. The molecule has 2 aliphatic rings. The van der Waals surface area contributed by atoms with Gasteiger partial charge in [0, 0.05) is 18.8 Å². The van der Waals surface area contributed by atoms with E-state index in [2.05, 4.69) is 13.8 Å². The van der Waals surface area contributed by atoms with Gasteiger partial charge in [0.1, 0.15) is 12.1 Å². The second-order valence-electron chi connectivity index (χ2n) is 5.94. The number of aldehydes is 1. The van der Waals surface area contributed by atoms with Gasteiger partial charge in [-0.25, -0.2) is 0 Å². The van der Waals surface area contributed by atoms with Crippen molar-refractivity contribution in [3.63, 3.8) is 0 Å². The minimum absolute atomic E-state index is 0.192. The van der Waals surface area contributed by atoms with Gasteiger partial charge in [0.25, 0.3) is 0 Å². The zero-order valence-electron chi connectivity index (χ0n) is 10.4. The highest BCUT2D eigenvalue weighted by atomic mass is 16.1. The van der Waals surface area contributed by atoms with Crippen LogP contribution in [0.25, 0.3) is 0 Å². The summed E-state index contributed by atoms with van der Waals surface area (Å²) >= 11 is 0. The van der Waals surface area contributed by atoms with Crippen molar-refractivity contribution >= 4 is 12.1 Å². The number of carbonyl (C=O) groups excluding carboxylic acids is 2. The van der Waals surface area contributed by atoms with E-state index in [-0.39, 0.29) is 5.41 Å². The van der Waals surface area contributed by atoms with E-state index in [4.69, 9.17) is 0 Å². The molecule has 2 fully saturated rings. The van der Waals surface area contributed by atoms with Crippen LogP contribution in [0.1, 0.15) is 52.4 Å². The second kappa shape index (κ2) is 4.31. The van der Waals surface area contributed by atoms with Crippen molar-refractivity contribution < 1.29 is 9.59 Å². The van der Waals surface area contributed by atoms with Gasteiger partial charge >= 0.3 is 0 Å². The molecule has 2 rings (SSSR count). The Kier molecular flexibility index (Phi) is 3.18. The molecule has 16 heavy (non-hydrogen) atoms. The predicted molar refractivity (Wildman–Crippen MR) is 63.0 cm³/mol. The lowest BCUT2D eigenvalue weighted by Crippen LogP contribution is -2.39. The molecule has 0 aromatic rings. The van der Waals surface area contributed by atoms with E-state index >= 15 is 0 Å². The zero-order chi connectivity index (χ0) is 11.8. The summed E-state index contributed by atoms with van der Waals surface area (Å²) in [7, 11) is 0. The van der Waals surface area contributed by atoms with E-state index in [1.165, 1.54) is 6.42 Å². The molecule has 0 heterocycles. The van der Waals surface area contributed by atoms with Crippen molar-refractivity contribution in [2.45, 2.75) is 52.4 Å². The summed E-state index contributed by atoms with van der Waals surface area (Å²) in [6.45, 7) is 4.46. The van der Waals surface area contributed by atoms with Crippen molar-refractivity contribution in [2.24, 2.45) is 23.2 Å². The van der Waals surface area contributed by atoms with Gasteiger partial charge < -0.3 is 4.79 Å². The summed E-state index contributed by atoms with van der Waals surface area (Å²) in [4.78, 5) is 22.6. The highest BCUT2D eigenvalue weighted by Crippen LogP contribution is 2.56. The molecule has 0 saturated heterocycles. The maximum Gasteiger partial charge on any atom is 0.136 e. The average molecular weight is 222 g/mol. The number of Topliss-reactive ketones (excluding diaryl/α,β-unsaturated/α-hetero) is 1. The molecule has 0 spiro atoms.